The zero-order valence-corrected chi connectivity index (χ0v) is 9.59. The summed E-state index contributed by atoms with van der Waals surface area (Å²) in [5, 5.41) is 7.53. The first kappa shape index (κ1) is 11.3. The van der Waals surface area contributed by atoms with Crippen LogP contribution in [0.4, 0.5) is 0 Å². The molecule has 1 aromatic heterocycles. The van der Waals surface area contributed by atoms with Gasteiger partial charge in [0.2, 0.25) is 0 Å². The summed E-state index contributed by atoms with van der Waals surface area (Å²) in [6, 6.07) is 0. The van der Waals surface area contributed by atoms with Crippen LogP contribution in [0.5, 0.6) is 0 Å². The number of hydrogen-bond donors (Lipinski definition) is 1. The Morgan fingerprint density at radius 2 is 2.19 bits per heavy atom. The number of hydrogen-bond acceptors (Lipinski definition) is 4. The summed E-state index contributed by atoms with van der Waals surface area (Å²) in [5.74, 6) is 0.927. The molecule has 2 rings (SSSR count). The van der Waals surface area contributed by atoms with Gasteiger partial charge in [0.05, 0.1) is 6.20 Å². The van der Waals surface area contributed by atoms with Gasteiger partial charge in [-0.15, -0.1) is 5.10 Å². The molecule has 1 aromatic rings. The van der Waals surface area contributed by atoms with Crippen LogP contribution in [-0.2, 0) is 7.05 Å². The highest BCUT2D eigenvalue weighted by molar-refractivity contribution is 5.96. The third kappa shape index (κ3) is 2.14. The molecule has 0 bridgehead atoms. The van der Waals surface area contributed by atoms with Crippen molar-refractivity contribution in [3.8, 4) is 0 Å². The van der Waals surface area contributed by atoms with Gasteiger partial charge in [0.25, 0.3) is 0 Å². The van der Waals surface area contributed by atoms with Crippen molar-refractivity contribution in [3.05, 3.63) is 11.9 Å². The van der Waals surface area contributed by atoms with Gasteiger partial charge in [-0.25, -0.2) is 4.68 Å². The quantitative estimate of drug-likeness (QED) is 0.766. The largest absolute Gasteiger partial charge is 0.330 e. The molecule has 0 unspecified atom stereocenters. The lowest BCUT2D eigenvalue weighted by molar-refractivity contribution is 0.0863. The summed E-state index contributed by atoms with van der Waals surface area (Å²) >= 11 is 0. The standard InChI is InChI=1S/C11H18N4O/c1-15-10(7-13-14-15)11(16)9-4-2-8(6-12)3-5-9/h7-9H,2-6,12H2,1H3. The molecular formula is C11H18N4O. The minimum atomic E-state index is 0.139. The third-order valence-corrected chi connectivity index (χ3v) is 3.52. The third-order valence-electron chi connectivity index (χ3n) is 3.52. The van der Waals surface area contributed by atoms with E-state index < -0.39 is 0 Å². The Balaban J connectivity index is 2.00. The maximum absolute atomic E-state index is 12.1. The van der Waals surface area contributed by atoms with Crippen molar-refractivity contribution in [2.45, 2.75) is 25.7 Å². The maximum atomic E-state index is 12.1. The van der Waals surface area contributed by atoms with Crippen LogP contribution in [-0.4, -0.2) is 27.3 Å². The molecule has 1 fully saturated rings. The molecule has 0 aliphatic heterocycles. The normalized spacial score (nSPS) is 25.6. The average molecular weight is 222 g/mol. The average Bonchev–Trinajstić information content (AvgIpc) is 2.75. The van der Waals surface area contributed by atoms with Gasteiger partial charge in [0.1, 0.15) is 5.69 Å². The summed E-state index contributed by atoms with van der Waals surface area (Å²) in [7, 11) is 1.76. The van der Waals surface area contributed by atoms with E-state index in [0.29, 0.717) is 11.6 Å². The monoisotopic (exact) mass is 222 g/mol. The molecule has 1 aliphatic carbocycles. The molecule has 1 saturated carbocycles. The Labute approximate surface area is 95.0 Å². The van der Waals surface area contributed by atoms with Crippen LogP contribution in [0.1, 0.15) is 36.2 Å². The van der Waals surface area contributed by atoms with Gasteiger partial charge in [-0.3, -0.25) is 4.79 Å². The molecule has 0 aromatic carbocycles. The molecule has 0 amide bonds. The van der Waals surface area contributed by atoms with E-state index >= 15 is 0 Å². The number of aromatic nitrogens is 3. The van der Waals surface area contributed by atoms with Gasteiger partial charge in [-0.1, -0.05) is 5.21 Å². The Morgan fingerprint density at radius 1 is 1.50 bits per heavy atom. The zero-order chi connectivity index (χ0) is 11.5. The van der Waals surface area contributed by atoms with Crippen molar-refractivity contribution in [3.63, 3.8) is 0 Å². The molecule has 0 spiro atoms. The van der Waals surface area contributed by atoms with E-state index in [4.69, 9.17) is 5.73 Å². The number of aryl methyl sites for hydroxylation is 1. The number of Topliss-reactive ketones (excluding diaryl/α,β-unsaturated/α-hetero) is 1. The van der Waals surface area contributed by atoms with Crippen LogP contribution in [0.2, 0.25) is 0 Å². The SMILES string of the molecule is Cn1nncc1C(=O)C1CCC(CN)CC1. The molecule has 16 heavy (non-hydrogen) atoms. The minimum Gasteiger partial charge on any atom is -0.330 e. The second kappa shape index (κ2) is 4.74. The first-order valence-electron chi connectivity index (χ1n) is 5.81. The van der Waals surface area contributed by atoms with Crippen molar-refractivity contribution in [1.82, 2.24) is 15.0 Å². The second-order valence-corrected chi connectivity index (χ2v) is 4.56. The summed E-state index contributed by atoms with van der Waals surface area (Å²) in [6.07, 6.45) is 5.59. The van der Waals surface area contributed by atoms with Gasteiger partial charge in [0, 0.05) is 13.0 Å². The number of carbonyl (C=O) groups is 1. The molecule has 2 N–H and O–H groups in total. The molecule has 5 heteroatoms. The Morgan fingerprint density at radius 3 is 2.69 bits per heavy atom. The van der Waals surface area contributed by atoms with Crippen LogP contribution in [0, 0.1) is 11.8 Å². The molecule has 1 heterocycles. The van der Waals surface area contributed by atoms with Crippen LogP contribution < -0.4 is 5.73 Å². The van der Waals surface area contributed by atoms with E-state index in [0.717, 1.165) is 32.2 Å². The van der Waals surface area contributed by atoms with Crippen molar-refractivity contribution >= 4 is 5.78 Å². The van der Waals surface area contributed by atoms with Crippen molar-refractivity contribution in [1.29, 1.82) is 0 Å². The molecule has 1 aliphatic rings. The first-order chi connectivity index (χ1) is 7.72. The van der Waals surface area contributed by atoms with Gasteiger partial charge in [-0.05, 0) is 38.1 Å². The van der Waals surface area contributed by atoms with Crippen molar-refractivity contribution in [2.75, 3.05) is 6.54 Å². The Kier molecular flexibility index (Phi) is 3.33. The van der Waals surface area contributed by atoms with Crippen LogP contribution >= 0.6 is 0 Å². The fraction of sp³-hybridized carbons (Fsp3) is 0.727. The van der Waals surface area contributed by atoms with E-state index in [9.17, 15) is 4.79 Å². The molecular weight excluding hydrogens is 204 g/mol. The van der Waals surface area contributed by atoms with Gasteiger partial charge < -0.3 is 5.73 Å². The predicted octanol–water partition coefficient (Wildman–Crippen LogP) is 0.763. The Bertz CT molecular complexity index is 366. The van der Waals surface area contributed by atoms with Crippen LogP contribution in [0.3, 0.4) is 0 Å². The lowest BCUT2D eigenvalue weighted by atomic mass is 9.79. The number of nitrogens with two attached hydrogens (primary N) is 1. The summed E-state index contributed by atoms with van der Waals surface area (Å²) in [6.45, 7) is 0.744. The van der Waals surface area contributed by atoms with Crippen molar-refractivity contribution < 1.29 is 4.79 Å². The lowest BCUT2D eigenvalue weighted by Crippen LogP contribution is -2.26. The summed E-state index contributed by atoms with van der Waals surface area (Å²) in [4.78, 5) is 12.1. The molecule has 0 atom stereocenters. The highest BCUT2D eigenvalue weighted by Crippen LogP contribution is 2.30. The highest BCUT2D eigenvalue weighted by atomic mass is 16.1. The predicted molar refractivity (Wildman–Crippen MR) is 59.8 cm³/mol. The van der Waals surface area contributed by atoms with E-state index in [1.54, 1.807) is 17.9 Å². The number of nitrogens with zero attached hydrogens (tertiary/aromatic N) is 3. The van der Waals surface area contributed by atoms with E-state index in [2.05, 4.69) is 10.3 Å². The molecule has 88 valence electrons. The second-order valence-electron chi connectivity index (χ2n) is 4.56. The van der Waals surface area contributed by atoms with Gasteiger partial charge in [0.15, 0.2) is 5.78 Å². The van der Waals surface area contributed by atoms with E-state index in [-0.39, 0.29) is 11.7 Å². The number of rotatable bonds is 3. The first-order valence-corrected chi connectivity index (χ1v) is 5.81. The summed E-state index contributed by atoms with van der Waals surface area (Å²) in [5.41, 5.74) is 6.26. The molecule has 5 nitrogen and oxygen atoms in total. The van der Waals surface area contributed by atoms with Crippen molar-refractivity contribution in [2.24, 2.45) is 24.6 Å². The Hall–Kier alpha value is -1.23. The van der Waals surface area contributed by atoms with Crippen LogP contribution in [0.15, 0.2) is 6.20 Å². The number of carbonyl (C=O) groups excluding carboxylic acids is 1. The topological polar surface area (TPSA) is 73.8 Å². The molecule has 0 radical (unpaired) electrons. The fourth-order valence-corrected chi connectivity index (χ4v) is 2.38. The zero-order valence-electron chi connectivity index (χ0n) is 9.59. The van der Waals surface area contributed by atoms with Crippen LogP contribution in [0.25, 0.3) is 0 Å². The number of ketones is 1. The highest BCUT2D eigenvalue weighted by Gasteiger charge is 2.27. The lowest BCUT2D eigenvalue weighted by Gasteiger charge is -2.26. The van der Waals surface area contributed by atoms with Gasteiger partial charge in [-0.2, -0.15) is 0 Å². The minimum absolute atomic E-state index is 0.139. The van der Waals surface area contributed by atoms with E-state index in [1.807, 2.05) is 0 Å². The maximum Gasteiger partial charge on any atom is 0.185 e. The van der Waals surface area contributed by atoms with Gasteiger partial charge >= 0.3 is 0 Å². The van der Waals surface area contributed by atoms with E-state index in [1.165, 1.54) is 0 Å². The summed E-state index contributed by atoms with van der Waals surface area (Å²) < 4.78 is 1.55. The fourth-order valence-electron chi connectivity index (χ4n) is 2.38. The smallest absolute Gasteiger partial charge is 0.185 e. The molecule has 0 saturated heterocycles.